The minimum absolute atomic E-state index is 0.00600. The highest BCUT2D eigenvalue weighted by atomic mass is 16.5. The van der Waals surface area contributed by atoms with Gasteiger partial charge in [0.1, 0.15) is 11.2 Å². The Labute approximate surface area is 147 Å². The largest absolute Gasteiger partial charge is 0.455 e. The third-order valence-corrected chi connectivity index (χ3v) is 4.15. The van der Waals surface area contributed by atoms with Crippen LogP contribution in [0.4, 0.5) is 5.69 Å². The number of ether oxygens (including phenoxy) is 1. The zero-order valence-corrected chi connectivity index (χ0v) is 14.4. The van der Waals surface area contributed by atoms with Gasteiger partial charge in [-0.15, -0.1) is 0 Å². The molecule has 0 heterocycles. The van der Waals surface area contributed by atoms with Gasteiger partial charge in [0.2, 0.25) is 11.8 Å². The lowest BCUT2D eigenvalue weighted by molar-refractivity contribution is -0.134. The fourth-order valence-electron chi connectivity index (χ4n) is 2.60. The number of benzene rings is 2. The number of rotatable bonds is 6. The molecule has 0 bridgehead atoms. The van der Waals surface area contributed by atoms with Gasteiger partial charge in [-0.2, -0.15) is 0 Å². The molecule has 1 saturated carbocycles. The van der Waals surface area contributed by atoms with Gasteiger partial charge in [-0.1, -0.05) is 30.3 Å². The lowest BCUT2D eigenvalue weighted by Gasteiger charge is -2.18. The van der Waals surface area contributed by atoms with E-state index in [9.17, 15) is 9.59 Å². The Hall–Kier alpha value is -2.82. The molecule has 130 valence electrons. The Morgan fingerprint density at radius 1 is 0.960 bits per heavy atom. The van der Waals surface area contributed by atoms with Gasteiger partial charge in [0, 0.05) is 6.04 Å². The van der Waals surface area contributed by atoms with Crippen LogP contribution in [0.3, 0.4) is 0 Å². The summed E-state index contributed by atoms with van der Waals surface area (Å²) < 4.78 is 5.85. The van der Waals surface area contributed by atoms with E-state index in [2.05, 4.69) is 10.6 Å². The van der Waals surface area contributed by atoms with E-state index in [1.54, 1.807) is 12.1 Å². The maximum Gasteiger partial charge on any atom is 0.240 e. The summed E-state index contributed by atoms with van der Waals surface area (Å²) >= 11 is 0. The van der Waals surface area contributed by atoms with Crippen LogP contribution < -0.4 is 15.4 Å². The van der Waals surface area contributed by atoms with Crippen LogP contribution in [0.2, 0.25) is 0 Å². The fraction of sp³-hybridized carbons (Fsp3) is 0.300. The monoisotopic (exact) mass is 338 g/mol. The lowest BCUT2D eigenvalue weighted by atomic mass is 10.0. The number of carbonyl (C=O) groups excluding carboxylic acids is 2. The number of amides is 2. The Balaban J connectivity index is 1.75. The van der Waals surface area contributed by atoms with Crippen molar-refractivity contribution in [3.8, 4) is 11.5 Å². The summed E-state index contributed by atoms with van der Waals surface area (Å²) in [6, 6.07) is 16.6. The summed E-state index contributed by atoms with van der Waals surface area (Å²) in [5, 5.41) is 5.70. The molecule has 5 heteroatoms. The van der Waals surface area contributed by atoms with Crippen molar-refractivity contribution in [1.29, 1.82) is 0 Å². The molecule has 0 saturated heterocycles. The van der Waals surface area contributed by atoms with Gasteiger partial charge >= 0.3 is 0 Å². The summed E-state index contributed by atoms with van der Waals surface area (Å²) in [5.41, 5.74) is -0.399. The molecule has 0 spiro atoms. The fourth-order valence-corrected chi connectivity index (χ4v) is 2.60. The molecule has 5 nitrogen and oxygen atoms in total. The second-order valence-corrected chi connectivity index (χ2v) is 6.58. The van der Waals surface area contributed by atoms with Crippen molar-refractivity contribution in [2.75, 3.05) is 5.32 Å². The van der Waals surface area contributed by atoms with E-state index in [-0.39, 0.29) is 17.9 Å². The third-order valence-electron chi connectivity index (χ3n) is 4.15. The number of hydrogen-bond acceptors (Lipinski definition) is 3. The molecule has 2 aromatic carbocycles. The van der Waals surface area contributed by atoms with Gasteiger partial charge < -0.3 is 15.4 Å². The second-order valence-electron chi connectivity index (χ2n) is 6.58. The van der Waals surface area contributed by atoms with Crippen molar-refractivity contribution in [3.05, 3.63) is 54.6 Å². The van der Waals surface area contributed by atoms with Gasteiger partial charge in [0.15, 0.2) is 5.75 Å². The van der Waals surface area contributed by atoms with Gasteiger partial charge in [-0.3, -0.25) is 9.59 Å². The van der Waals surface area contributed by atoms with Gasteiger partial charge in [-0.05, 0) is 51.0 Å². The van der Waals surface area contributed by atoms with Crippen LogP contribution in [-0.2, 0) is 9.59 Å². The molecule has 0 aliphatic heterocycles. The predicted octanol–water partition coefficient (Wildman–Crippen LogP) is 3.72. The number of anilines is 1. The molecule has 3 rings (SSSR count). The zero-order valence-electron chi connectivity index (χ0n) is 14.4. The smallest absolute Gasteiger partial charge is 0.240 e. The maximum atomic E-state index is 12.7. The first-order valence-corrected chi connectivity index (χ1v) is 8.46. The lowest BCUT2D eigenvalue weighted by Crippen LogP contribution is -2.42. The molecule has 0 aromatic heterocycles. The SMILES string of the molecule is CC(C)NC(=O)C1(C(=O)Nc2ccccc2Oc2ccccc2)CC1. The molecular weight excluding hydrogens is 316 g/mol. The molecule has 0 radical (unpaired) electrons. The van der Waals surface area contributed by atoms with E-state index >= 15 is 0 Å². The maximum absolute atomic E-state index is 12.7. The Morgan fingerprint density at radius 3 is 2.24 bits per heavy atom. The number of carbonyl (C=O) groups is 2. The van der Waals surface area contributed by atoms with Crippen LogP contribution >= 0.6 is 0 Å². The van der Waals surface area contributed by atoms with Crippen LogP contribution in [0, 0.1) is 5.41 Å². The molecular formula is C20H22N2O3. The van der Waals surface area contributed by atoms with E-state index in [4.69, 9.17) is 4.74 Å². The summed E-state index contributed by atoms with van der Waals surface area (Å²) in [6.07, 6.45) is 1.14. The predicted molar refractivity (Wildman–Crippen MR) is 96.5 cm³/mol. The average molecular weight is 338 g/mol. The van der Waals surface area contributed by atoms with Crippen molar-refractivity contribution >= 4 is 17.5 Å². The molecule has 25 heavy (non-hydrogen) atoms. The minimum atomic E-state index is -0.954. The van der Waals surface area contributed by atoms with Crippen LogP contribution in [0.5, 0.6) is 11.5 Å². The number of nitrogens with one attached hydrogen (secondary N) is 2. The zero-order chi connectivity index (χ0) is 17.9. The van der Waals surface area contributed by atoms with Crippen LogP contribution in [0.15, 0.2) is 54.6 Å². The number of para-hydroxylation sites is 3. The van der Waals surface area contributed by atoms with Gasteiger partial charge in [0.05, 0.1) is 5.69 Å². The molecule has 2 aromatic rings. The van der Waals surface area contributed by atoms with E-state index in [0.29, 0.717) is 30.0 Å². The van der Waals surface area contributed by atoms with E-state index in [1.165, 1.54) is 0 Å². The van der Waals surface area contributed by atoms with Crippen LogP contribution in [0.1, 0.15) is 26.7 Å². The molecule has 1 fully saturated rings. The highest BCUT2D eigenvalue weighted by Gasteiger charge is 2.56. The van der Waals surface area contributed by atoms with E-state index < -0.39 is 5.41 Å². The first-order chi connectivity index (χ1) is 12.0. The molecule has 1 aliphatic carbocycles. The van der Waals surface area contributed by atoms with Crippen molar-refractivity contribution in [1.82, 2.24) is 5.32 Å². The summed E-state index contributed by atoms with van der Waals surface area (Å²) in [4.78, 5) is 25.0. The normalized spacial score (nSPS) is 14.7. The van der Waals surface area contributed by atoms with Crippen molar-refractivity contribution in [2.24, 2.45) is 5.41 Å². The molecule has 1 aliphatic rings. The Kier molecular flexibility index (Phi) is 4.74. The summed E-state index contributed by atoms with van der Waals surface area (Å²) in [5.74, 6) is 0.737. The van der Waals surface area contributed by atoms with E-state index in [1.807, 2.05) is 56.3 Å². The quantitative estimate of drug-likeness (QED) is 0.789. The molecule has 0 unspecified atom stereocenters. The number of hydrogen-bond donors (Lipinski definition) is 2. The third kappa shape index (κ3) is 3.82. The van der Waals surface area contributed by atoms with E-state index in [0.717, 1.165) is 0 Å². The van der Waals surface area contributed by atoms with Crippen LogP contribution in [-0.4, -0.2) is 17.9 Å². The first kappa shape index (κ1) is 17.0. The topological polar surface area (TPSA) is 67.4 Å². The van der Waals surface area contributed by atoms with Crippen molar-refractivity contribution < 1.29 is 14.3 Å². The van der Waals surface area contributed by atoms with Gasteiger partial charge in [0.25, 0.3) is 0 Å². The first-order valence-electron chi connectivity index (χ1n) is 8.46. The van der Waals surface area contributed by atoms with Crippen molar-refractivity contribution in [2.45, 2.75) is 32.7 Å². The Morgan fingerprint density at radius 2 is 1.60 bits per heavy atom. The van der Waals surface area contributed by atoms with Crippen LogP contribution in [0.25, 0.3) is 0 Å². The average Bonchev–Trinajstić information content (AvgIpc) is 3.39. The second kappa shape index (κ2) is 6.97. The molecule has 0 atom stereocenters. The highest BCUT2D eigenvalue weighted by Crippen LogP contribution is 2.47. The standard InChI is InChI=1S/C20H22N2O3/c1-14(2)21-18(23)20(12-13-20)19(24)22-16-10-6-7-11-17(16)25-15-8-4-3-5-9-15/h3-11,14H,12-13H2,1-2H3,(H,21,23)(H,22,24). The summed E-state index contributed by atoms with van der Waals surface area (Å²) in [7, 11) is 0. The molecule has 2 N–H and O–H groups in total. The molecule has 2 amide bonds. The highest BCUT2D eigenvalue weighted by molar-refractivity contribution is 6.13. The Bertz CT molecular complexity index is 768. The van der Waals surface area contributed by atoms with Gasteiger partial charge in [-0.25, -0.2) is 0 Å². The summed E-state index contributed by atoms with van der Waals surface area (Å²) in [6.45, 7) is 3.77. The minimum Gasteiger partial charge on any atom is -0.455 e. The van der Waals surface area contributed by atoms with Crippen molar-refractivity contribution in [3.63, 3.8) is 0 Å².